The molecule has 0 radical (unpaired) electrons. The van der Waals surface area contributed by atoms with E-state index in [1.807, 2.05) is 43.3 Å². The molecule has 0 atom stereocenters. The van der Waals surface area contributed by atoms with E-state index in [1.54, 1.807) is 7.11 Å². The lowest BCUT2D eigenvalue weighted by Crippen LogP contribution is -2.02. The number of methoxy groups -OCH3 is 1. The molecule has 0 spiro atoms. The third-order valence-corrected chi connectivity index (χ3v) is 3.71. The number of ether oxygens (including phenoxy) is 2. The lowest BCUT2D eigenvalue weighted by Gasteiger charge is -2.14. The molecule has 0 aliphatic carbocycles. The third-order valence-electron chi connectivity index (χ3n) is 3.42. The maximum Gasteiger partial charge on any atom is 0.179 e. The van der Waals surface area contributed by atoms with Crippen LogP contribution in [0.1, 0.15) is 18.1 Å². The molecule has 4 nitrogen and oxygen atoms in total. The lowest BCUT2D eigenvalue weighted by atomic mass is 10.1. The van der Waals surface area contributed by atoms with E-state index in [9.17, 15) is 0 Å². The van der Waals surface area contributed by atoms with Crippen LogP contribution >= 0.6 is 11.6 Å². The Balaban J connectivity index is 2.07. The molecule has 0 aliphatic heterocycles. The number of rotatable bonds is 8. The Morgan fingerprint density at radius 3 is 2.48 bits per heavy atom. The number of aliphatic hydroxyl groups is 1. The molecule has 2 aromatic carbocycles. The minimum atomic E-state index is 0.164. The highest BCUT2D eigenvalue weighted by molar-refractivity contribution is 6.32. The number of hydrogen-bond donors (Lipinski definition) is 2. The van der Waals surface area contributed by atoms with Gasteiger partial charge in [0.25, 0.3) is 0 Å². The van der Waals surface area contributed by atoms with Crippen molar-refractivity contribution in [2.45, 2.75) is 19.9 Å². The Morgan fingerprint density at radius 2 is 1.87 bits per heavy atom. The summed E-state index contributed by atoms with van der Waals surface area (Å²) in [5, 5.41) is 12.8. The normalized spacial score (nSPS) is 10.4. The second-order valence-electron chi connectivity index (χ2n) is 5.07. The van der Waals surface area contributed by atoms with Crippen LogP contribution in [0.3, 0.4) is 0 Å². The van der Waals surface area contributed by atoms with Crippen molar-refractivity contribution in [3.05, 3.63) is 52.5 Å². The fourth-order valence-corrected chi connectivity index (χ4v) is 2.62. The maximum absolute atomic E-state index is 8.93. The summed E-state index contributed by atoms with van der Waals surface area (Å²) < 4.78 is 10.9. The molecule has 0 saturated carbocycles. The summed E-state index contributed by atoms with van der Waals surface area (Å²) in [6.45, 7) is 3.27. The highest BCUT2D eigenvalue weighted by atomic mass is 35.5. The van der Waals surface area contributed by atoms with Crippen LogP contribution in [-0.2, 0) is 13.0 Å². The molecule has 2 rings (SSSR count). The molecule has 0 unspecified atom stereocenters. The SMILES string of the molecule is CCOc1cc(CNc2ccc(CCO)cc2)cc(Cl)c1OC. The van der Waals surface area contributed by atoms with E-state index in [0.717, 1.165) is 16.8 Å². The van der Waals surface area contributed by atoms with Crippen LogP contribution in [0, 0.1) is 0 Å². The highest BCUT2D eigenvalue weighted by Crippen LogP contribution is 2.36. The number of anilines is 1. The van der Waals surface area contributed by atoms with Gasteiger partial charge >= 0.3 is 0 Å². The van der Waals surface area contributed by atoms with E-state index in [4.69, 9.17) is 26.2 Å². The molecule has 0 saturated heterocycles. The van der Waals surface area contributed by atoms with Crippen LogP contribution in [-0.4, -0.2) is 25.4 Å². The standard InChI is InChI=1S/C18H22ClNO3/c1-3-23-17-11-14(10-16(19)18(17)22-2)12-20-15-6-4-13(5-7-15)8-9-21/h4-7,10-11,20-21H,3,8-9,12H2,1-2H3. The summed E-state index contributed by atoms with van der Waals surface area (Å²) in [6.07, 6.45) is 0.673. The van der Waals surface area contributed by atoms with E-state index in [2.05, 4.69) is 5.32 Å². The van der Waals surface area contributed by atoms with Crippen LogP contribution in [0.15, 0.2) is 36.4 Å². The molecule has 124 valence electrons. The van der Waals surface area contributed by atoms with E-state index in [-0.39, 0.29) is 6.61 Å². The average molecular weight is 336 g/mol. The minimum Gasteiger partial charge on any atom is -0.491 e. The third kappa shape index (κ3) is 4.78. The molecule has 23 heavy (non-hydrogen) atoms. The van der Waals surface area contributed by atoms with E-state index in [0.29, 0.717) is 36.1 Å². The molecule has 0 aromatic heterocycles. The average Bonchev–Trinajstić information content (AvgIpc) is 2.55. The molecule has 2 N–H and O–H groups in total. The van der Waals surface area contributed by atoms with Crippen LogP contribution < -0.4 is 14.8 Å². The van der Waals surface area contributed by atoms with Gasteiger partial charge in [-0.3, -0.25) is 0 Å². The number of hydrogen-bond acceptors (Lipinski definition) is 4. The Morgan fingerprint density at radius 1 is 1.13 bits per heavy atom. The Labute approximate surface area is 142 Å². The number of nitrogens with one attached hydrogen (secondary N) is 1. The monoisotopic (exact) mass is 335 g/mol. The first-order chi connectivity index (χ1) is 11.2. The summed E-state index contributed by atoms with van der Waals surface area (Å²) in [4.78, 5) is 0. The highest BCUT2D eigenvalue weighted by Gasteiger charge is 2.11. The molecule has 0 aliphatic rings. The maximum atomic E-state index is 8.93. The number of aliphatic hydroxyl groups excluding tert-OH is 1. The van der Waals surface area contributed by atoms with Gasteiger partial charge in [-0.1, -0.05) is 23.7 Å². The molecule has 0 amide bonds. The fraction of sp³-hybridized carbons (Fsp3) is 0.333. The van der Waals surface area contributed by atoms with Gasteiger partial charge < -0.3 is 19.9 Å². The second kappa shape index (κ2) is 8.65. The van der Waals surface area contributed by atoms with Gasteiger partial charge in [-0.15, -0.1) is 0 Å². The van der Waals surface area contributed by atoms with Crippen molar-refractivity contribution >= 4 is 17.3 Å². The van der Waals surface area contributed by atoms with Gasteiger partial charge in [0.1, 0.15) is 0 Å². The number of halogens is 1. The molecular weight excluding hydrogens is 314 g/mol. The van der Waals surface area contributed by atoms with Crippen molar-refractivity contribution in [2.75, 3.05) is 25.6 Å². The van der Waals surface area contributed by atoms with Crippen LogP contribution in [0.4, 0.5) is 5.69 Å². The first-order valence-electron chi connectivity index (χ1n) is 7.60. The van der Waals surface area contributed by atoms with Crippen LogP contribution in [0.2, 0.25) is 5.02 Å². The minimum absolute atomic E-state index is 0.164. The van der Waals surface area contributed by atoms with Crippen molar-refractivity contribution in [3.8, 4) is 11.5 Å². The predicted molar refractivity (Wildman–Crippen MR) is 93.7 cm³/mol. The Hall–Kier alpha value is -1.91. The van der Waals surface area contributed by atoms with Crippen molar-refractivity contribution in [3.63, 3.8) is 0 Å². The lowest BCUT2D eigenvalue weighted by molar-refractivity contribution is 0.299. The molecule has 0 heterocycles. The summed E-state index contributed by atoms with van der Waals surface area (Å²) in [5.41, 5.74) is 3.14. The Kier molecular flexibility index (Phi) is 6.56. The van der Waals surface area contributed by atoms with Gasteiger partial charge in [0.2, 0.25) is 0 Å². The predicted octanol–water partition coefficient (Wildman–Crippen LogP) is 3.89. The number of benzene rings is 2. The summed E-state index contributed by atoms with van der Waals surface area (Å²) in [6, 6.07) is 11.8. The van der Waals surface area contributed by atoms with Gasteiger partial charge in [0.05, 0.1) is 18.7 Å². The van der Waals surface area contributed by atoms with Crippen LogP contribution in [0.5, 0.6) is 11.5 Å². The summed E-state index contributed by atoms with van der Waals surface area (Å²) in [5.74, 6) is 1.21. The van der Waals surface area contributed by atoms with Gasteiger partial charge in [-0.05, 0) is 48.7 Å². The van der Waals surface area contributed by atoms with Crippen molar-refractivity contribution in [1.29, 1.82) is 0 Å². The first kappa shape index (κ1) is 17.4. The molecular formula is C18H22ClNO3. The van der Waals surface area contributed by atoms with E-state index < -0.39 is 0 Å². The quantitative estimate of drug-likeness (QED) is 0.768. The van der Waals surface area contributed by atoms with Crippen LogP contribution in [0.25, 0.3) is 0 Å². The zero-order valence-electron chi connectivity index (χ0n) is 13.4. The fourth-order valence-electron chi connectivity index (χ4n) is 2.31. The first-order valence-corrected chi connectivity index (χ1v) is 7.98. The van der Waals surface area contributed by atoms with Crippen molar-refractivity contribution in [1.82, 2.24) is 0 Å². The summed E-state index contributed by atoms with van der Waals surface area (Å²) in [7, 11) is 1.58. The van der Waals surface area contributed by atoms with Gasteiger partial charge in [-0.25, -0.2) is 0 Å². The van der Waals surface area contributed by atoms with Gasteiger partial charge in [-0.2, -0.15) is 0 Å². The summed E-state index contributed by atoms with van der Waals surface area (Å²) >= 11 is 6.25. The zero-order chi connectivity index (χ0) is 16.7. The molecule has 0 fully saturated rings. The topological polar surface area (TPSA) is 50.7 Å². The second-order valence-corrected chi connectivity index (χ2v) is 5.47. The van der Waals surface area contributed by atoms with Crippen molar-refractivity contribution < 1.29 is 14.6 Å². The van der Waals surface area contributed by atoms with Gasteiger partial charge in [0.15, 0.2) is 11.5 Å². The van der Waals surface area contributed by atoms with Crippen molar-refractivity contribution in [2.24, 2.45) is 0 Å². The van der Waals surface area contributed by atoms with E-state index in [1.165, 1.54) is 0 Å². The Bertz CT molecular complexity index is 629. The van der Waals surface area contributed by atoms with E-state index >= 15 is 0 Å². The zero-order valence-corrected chi connectivity index (χ0v) is 14.2. The molecule has 2 aromatic rings. The molecule has 0 bridgehead atoms. The molecule has 5 heteroatoms. The van der Waals surface area contributed by atoms with Gasteiger partial charge in [0, 0.05) is 18.8 Å². The smallest absolute Gasteiger partial charge is 0.179 e. The largest absolute Gasteiger partial charge is 0.491 e.